The summed E-state index contributed by atoms with van der Waals surface area (Å²) >= 11 is 0. The number of benzene rings is 2. The molecule has 28 heavy (non-hydrogen) atoms. The Morgan fingerprint density at radius 1 is 1.14 bits per heavy atom. The summed E-state index contributed by atoms with van der Waals surface area (Å²) in [5, 5.41) is 7.62. The lowest BCUT2D eigenvalue weighted by Crippen LogP contribution is -2.25. The smallest absolute Gasteiger partial charge is 0.268 e. The van der Waals surface area contributed by atoms with E-state index in [0.29, 0.717) is 16.7 Å². The standard InChI is InChI=1S/C21H17FN4O2/c1-13-19-18(27)11-17(21(28)23-12-14-7-9-15(22)10-8-14)24-20(19)26(25-13)16-5-3-2-4-6-16/h2-11H,12H2,1H3,(H,23,28)(H,24,27). The molecule has 0 radical (unpaired) electrons. The number of rotatable bonds is 4. The number of amides is 1. The summed E-state index contributed by atoms with van der Waals surface area (Å²) in [4.78, 5) is 28.2. The first-order chi connectivity index (χ1) is 13.5. The van der Waals surface area contributed by atoms with E-state index < -0.39 is 5.91 Å². The molecule has 1 amide bonds. The molecule has 0 saturated heterocycles. The number of para-hydroxylation sites is 1. The largest absolute Gasteiger partial charge is 0.347 e. The summed E-state index contributed by atoms with van der Waals surface area (Å²) in [7, 11) is 0. The van der Waals surface area contributed by atoms with E-state index in [0.717, 1.165) is 11.3 Å². The van der Waals surface area contributed by atoms with Crippen molar-refractivity contribution < 1.29 is 9.18 Å². The second-order valence-electron chi connectivity index (χ2n) is 6.41. The molecule has 0 aliphatic heterocycles. The van der Waals surface area contributed by atoms with Gasteiger partial charge in [0.15, 0.2) is 5.43 Å². The number of nitrogens with one attached hydrogen (secondary N) is 2. The highest BCUT2D eigenvalue weighted by Gasteiger charge is 2.16. The third-order valence-electron chi connectivity index (χ3n) is 4.45. The van der Waals surface area contributed by atoms with Crippen LogP contribution in [0.2, 0.25) is 0 Å². The number of aryl methyl sites for hydroxylation is 1. The normalized spacial score (nSPS) is 10.9. The maximum Gasteiger partial charge on any atom is 0.268 e. The summed E-state index contributed by atoms with van der Waals surface area (Å²) in [6.45, 7) is 1.97. The first-order valence-corrected chi connectivity index (χ1v) is 8.73. The lowest BCUT2D eigenvalue weighted by atomic mass is 10.2. The Morgan fingerprint density at radius 3 is 2.57 bits per heavy atom. The van der Waals surface area contributed by atoms with Gasteiger partial charge in [-0.1, -0.05) is 30.3 Å². The minimum absolute atomic E-state index is 0.136. The number of carbonyl (C=O) groups is 1. The van der Waals surface area contributed by atoms with E-state index in [4.69, 9.17) is 0 Å². The number of hydrogen-bond acceptors (Lipinski definition) is 3. The van der Waals surface area contributed by atoms with Crippen LogP contribution in [-0.4, -0.2) is 20.7 Å². The van der Waals surface area contributed by atoms with Crippen molar-refractivity contribution in [2.24, 2.45) is 0 Å². The number of hydrogen-bond donors (Lipinski definition) is 2. The van der Waals surface area contributed by atoms with Gasteiger partial charge >= 0.3 is 0 Å². The van der Waals surface area contributed by atoms with Crippen molar-refractivity contribution in [3.63, 3.8) is 0 Å². The quantitative estimate of drug-likeness (QED) is 0.574. The summed E-state index contributed by atoms with van der Waals surface area (Å²) in [6.07, 6.45) is 0. The number of halogens is 1. The number of pyridine rings is 1. The van der Waals surface area contributed by atoms with Crippen LogP contribution in [0.1, 0.15) is 21.7 Å². The molecule has 0 fully saturated rings. The highest BCUT2D eigenvalue weighted by atomic mass is 19.1. The Labute approximate surface area is 159 Å². The average molecular weight is 376 g/mol. The Balaban J connectivity index is 1.69. The summed E-state index contributed by atoms with van der Waals surface area (Å²) < 4.78 is 14.6. The van der Waals surface area contributed by atoms with Crippen molar-refractivity contribution >= 4 is 16.9 Å². The van der Waals surface area contributed by atoms with Gasteiger partial charge in [-0.05, 0) is 36.8 Å². The molecule has 2 aromatic carbocycles. The number of H-pyrrole nitrogens is 1. The molecule has 7 heteroatoms. The molecule has 4 aromatic rings. The van der Waals surface area contributed by atoms with Crippen molar-refractivity contribution in [2.45, 2.75) is 13.5 Å². The van der Waals surface area contributed by atoms with Crippen LogP contribution in [0, 0.1) is 12.7 Å². The topological polar surface area (TPSA) is 79.8 Å². The molecule has 0 aliphatic carbocycles. The second-order valence-corrected chi connectivity index (χ2v) is 6.41. The predicted octanol–water partition coefficient (Wildman–Crippen LogP) is 3.09. The monoisotopic (exact) mass is 376 g/mol. The zero-order chi connectivity index (χ0) is 19.7. The van der Waals surface area contributed by atoms with E-state index in [-0.39, 0.29) is 23.5 Å². The summed E-state index contributed by atoms with van der Waals surface area (Å²) in [5.41, 5.74) is 2.43. The molecule has 6 nitrogen and oxygen atoms in total. The van der Waals surface area contributed by atoms with Gasteiger partial charge in [-0.2, -0.15) is 5.10 Å². The van der Waals surface area contributed by atoms with Crippen LogP contribution in [-0.2, 0) is 6.54 Å². The second kappa shape index (κ2) is 7.11. The third-order valence-corrected chi connectivity index (χ3v) is 4.45. The van der Waals surface area contributed by atoms with Gasteiger partial charge in [0.2, 0.25) is 0 Å². The molecule has 2 heterocycles. The number of carbonyl (C=O) groups excluding carboxylic acids is 1. The van der Waals surface area contributed by atoms with Crippen LogP contribution in [0.3, 0.4) is 0 Å². The zero-order valence-electron chi connectivity index (χ0n) is 15.1. The first kappa shape index (κ1) is 17.7. The highest BCUT2D eigenvalue weighted by molar-refractivity contribution is 5.94. The fraction of sp³-hybridized carbons (Fsp3) is 0.0952. The fourth-order valence-corrected chi connectivity index (χ4v) is 3.06. The van der Waals surface area contributed by atoms with Gasteiger partial charge in [0, 0.05) is 12.6 Å². The van der Waals surface area contributed by atoms with Crippen LogP contribution >= 0.6 is 0 Å². The molecule has 2 N–H and O–H groups in total. The van der Waals surface area contributed by atoms with Gasteiger partial charge in [-0.25, -0.2) is 9.07 Å². The van der Waals surface area contributed by atoms with Gasteiger partial charge < -0.3 is 10.3 Å². The third kappa shape index (κ3) is 3.29. The van der Waals surface area contributed by atoms with E-state index in [2.05, 4.69) is 15.4 Å². The van der Waals surface area contributed by atoms with Crippen LogP contribution < -0.4 is 10.7 Å². The van der Waals surface area contributed by atoms with Gasteiger partial charge in [-0.15, -0.1) is 0 Å². The molecule has 0 atom stereocenters. The van der Waals surface area contributed by atoms with E-state index in [1.54, 1.807) is 23.7 Å². The minimum Gasteiger partial charge on any atom is -0.347 e. The number of fused-ring (bicyclic) bond motifs is 1. The molecular weight excluding hydrogens is 359 g/mol. The highest BCUT2D eigenvalue weighted by Crippen LogP contribution is 2.17. The lowest BCUT2D eigenvalue weighted by molar-refractivity contribution is 0.0946. The number of aromatic amines is 1. The maximum absolute atomic E-state index is 13.0. The molecule has 0 spiro atoms. The lowest BCUT2D eigenvalue weighted by Gasteiger charge is -2.07. The summed E-state index contributed by atoms with van der Waals surface area (Å²) in [5.74, 6) is -0.767. The molecule has 140 valence electrons. The van der Waals surface area contributed by atoms with Gasteiger partial charge in [0.05, 0.1) is 16.8 Å². The molecular formula is C21H17FN4O2. The Kier molecular flexibility index (Phi) is 4.49. The maximum atomic E-state index is 13.0. The van der Waals surface area contributed by atoms with Crippen molar-refractivity contribution in [1.82, 2.24) is 20.1 Å². The summed E-state index contributed by atoms with van der Waals surface area (Å²) in [6, 6.07) is 16.5. The Hall–Kier alpha value is -3.74. The zero-order valence-corrected chi connectivity index (χ0v) is 15.1. The van der Waals surface area contributed by atoms with Crippen molar-refractivity contribution in [3.8, 4) is 5.69 Å². The SMILES string of the molecule is Cc1nn(-c2ccccc2)c2[nH]c(C(=O)NCc3ccc(F)cc3)cc(=O)c12. The van der Waals surface area contributed by atoms with E-state index in [1.807, 2.05) is 30.3 Å². The molecule has 0 unspecified atom stereocenters. The van der Waals surface area contributed by atoms with Crippen molar-refractivity contribution in [2.75, 3.05) is 0 Å². The molecule has 2 aromatic heterocycles. The molecule has 4 rings (SSSR count). The average Bonchev–Trinajstić information content (AvgIpc) is 3.05. The fourth-order valence-electron chi connectivity index (χ4n) is 3.06. The van der Waals surface area contributed by atoms with Gasteiger partial charge in [0.1, 0.15) is 17.2 Å². The van der Waals surface area contributed by atoms with Crippen molar-refractivity contribution in [3.05, 3.63) is 93.7 Å². The van der Waals surface area contributed by atoms with Crippen LogP contribution in [0.4, 0.5) is 4.39 Å². The van der Waals surface area contributed by atoms with Gasteiger partial charge in [0.25, 0.3) is 5.91 Å². The minimum atomic E-state index is -0.429. The molecule has 0 saturated carbocycles. The van der Waals surface area contributed by atoms with Crippen LogP contribution in [0.5, 0.6) is 0 Å². The molecule has 0 aliphatic rings. The van der Waals surface area contributed by atoms with E-state index >= 15 is 0 Å². The van der Waals surface area contributed by atoms with E-state index in [1.165, 1.54) is 18.2 Å². The van der Waals surface area contributed by atoms with Crippen LogP contribution in [0.15, 0.2) is 65.5 Å². The number of aromatic nitrogens is 3. The first-order valence-electron chi connectivity index (χ1n) is 8.73. The molecule has 0 bridgehead atoms. The Morgan fingerprint density at radius 2 is 1.86 bits per heavy atom. The van der Waals surface area contributed by atoms with Gasteiger partial charge in [-0.3, -0.25) is 9.59 Å². The predicted molar refractivity (Wildman–Crippen MR) is 104 cm³/mol. The van der Waals surface area contributed by atoms with Crippen molar-refractivity contribution in [1.29, 1.82) is 0 Å². The number of nitrogens with zero attached hydrogens (tertiary/aromatic N) is 2. The Bertz CT molecular complexity index is 1210. The van der Waals surface area contributed by atoms with E-state index in [9.17, 15) is 14.0 Å². The van der Waals surface area contributed by atoms with Crippen LogP contribution in [0.25, 0.3) is 16.7 Å².